The van der Waals surface area contributed by atoms with Gasteiger partial charge in [-0.05, 0) is 72.6 Å². The molecule has 3 unspecified atom stereocenters. The van der Waals surface area contributed by atoms with Crippen LogP contribution in [0.15, 0.2) is 36.4 Å². The number of ether oxygens (including phenoxy) is 1. The molecule has 2 aromatic rings. The molecule has 4 nitrogen and oxygen atoms in total. The van der Waals surface area contributed by atoms with Gasteiger partial charge in [0.2, 0.25) is 5.91 Å². The van der Waals surface area contributed by atoms with Gasteiger partial charge in [0.05, 0.1) is 13.5 Å². The number of halogens is 1. The number of carbonyl (C=O) groups is 2. The van der Waals surface area contributed by atoms with Crippen LogP contribution in [0.2, 0.25) is 5.02 Å². The monoisotopic (exact) mass is 411 g/mol. The second-order valence-corrected chi connectivity index (χ2v) is 9.09. The number of amides is 1. The highest BCUT2D eigenvalue weighted by atomic mass is 35.5. The average molecular weight is 412 g/mol. The Bertz CT molecular complexity index is 977. The highest BCUT2D eigenvalue weighted by Gasteiger charge is 2.83. The van der Waals surface area contributed by atoms with Gasteiger partial charge >= 0.3 is 5.97 Å². The van der Waals surface area contributed by atoms with E-state index < -0.39 is 5.54 Å². The summed E-state index contributed by atoms with van der Waals surface area (Å²) in [7, 11) is 1.39. The van der Waals surface area contributed by atoms with Crippen molar-refractivity contribution >= 4 is 23.5 Å². The first-order valence-electron chi connectivity index (χ1n) is 9.98. The van der Waals surface area contributed by atoms with E-state index in [0.29, 0.717) is 17.4 Å². The molecule has 2 aliphatic rings. The highest BCUT2D eigenvalue weighted by molar-refractivity contribution is 6.30. The van der Waals surface area contributed by atoms with Crippen molar-refractivity contribution in [2.45, 2.75) is 45.6 Å². The molecular formula is C24H26ClNO3. The molecule has 1 spiro atoms. The van der Waals surface area contributed by atoms with E-state index in [1.807, 2.05) is 38.1 Å². The van der Waals surface area contributed by atoms with Gasteiger partial charge in [0.15, 0.2) is 0 Å². The maximum atomic E-state index is 12.9. The molecule has 0 saturated heterocycles. The summed E-state index contributed by atoms with van der Waals surface area (Å²) in [6.45, 7) is 6.17. The van der Waals surface area contributed by atoms with E-state index in [1.54, 1.807) is 0 Å². The minimum Gasteiger partial charge on any atom is -0.467 e. The molecule has 2 saturated carbocycles. The van der Waals surface area contributed by atoms with E-state index in [2.05, 4.69) is 24.4 Å². The molecule has 152 valence electrons. The van der Waals surface area contributed by atoms with Gasteiger partial charge in [-0.1, -0.05) is 42.8 Å². The Balaban J connectivity index is 1.53. The number of hydrogen-bond acceptors (Lipinski definition) is 3. The van der Waals surface area contributed by atoms with Gasteiger partial charge in [-0.15, -0.1) is 0 Å². The third-order valence-electron chi connectivity index (χ3n) is 6.86. The number of aryl methyl sites for hydroxylation is 2. The average Bonchev–Trinajstić information content (AvgIpc) is 3.53. The third kappa shape index (κ3) is 3.24. The summed E-state index contributed by atoms with van der Waals surface area (Å²) in [6.07, 6.45) is 1.91. The summed E-state index contributed by atoms with van der Waals surface area (Å²) in [4.78, 5) is 25.3. The number of rotatable bonds is 5. The van der Waals surface area contributed by atoms with E-state index >= 15 is 0 Å². The maximum absolute atomic E-state index is 12.9. The van der Waals surface area contributed by atoms with Crippen LogP contribution in [-0.2, 0) is 20.7 Å². The molecular weight excluding hydrogens is 386 g/mol. The van der Waals surface area contributed by atoms with Crippen LogP contribution in [0.5, 0.6) is 0 Å². The van der Waals surface area contributed by atoms with Crippen LogP contribution >= 0.6 is 11.6 Å². The Labute approximate surface area is 176 Å². The zero-order chi connectivity index (χ0) is 21.0. The SMILES string of the molecule is COC(=O)C1(NC(=O)Cc2c(C)cc(-c3ccc(Cl)cc3)cc2C)CC12CC2C. The molecule has 0 aliphatic heterocycles. The fourth-order valence-electron chi connectivity index (χ4n) is 4.95. The van der Waals surface area contributed by atoms with Crippen molar-refractivity contribution in [3.05, 3.63) is 58.1 Å². The number of nitrogens with one attached hydrogen (secondary N) is 1. The first kappa shape index (κ1) is 20.0. The molecule has 0 radical (unpaired) electrons. The van der Waals surface area contributed by atoms with Gasteiger partial charge in [-0.2, -0.15) is 0 Å². The van der Waals surface area contributed by atoms with Crippen molar-refractivity contribution in [1.29, 1.82) is 0 Å². The van der Waals surface area contributed by atoms with E-state index in [9.17, 15) is 9.59 Å². The molecule has 2 fully saturated rings. The van der Waals surface area contributed by atoms with Gasteiger partial charge in [0.25, 0.3) is 0 Å². The van der Waals surface area contributed by atoms with Crippen LogP contribution in [0.1, 0.15) is 36.5 Å². The molecule has 2 aromatic carbocycles. The van der Waals surface area contributed by atoms with Gasteiger partial charge in [-0.3, -0.25) is 4.79 Å². The second kappa shape index (κ2) is 6.88. The molecule has 1 amide bonds. The first-order valence-corrected chi connectivity index (χ1v) is 10.4. The lowest BCUT2D eigenvalue weighted by molar-refractivity contribution is -0.147. The van der Waals surface area contributed by atoms with E-state index in [0.717, 1.165) is 34.2 Å². The lowest BCUT2D eigenvalue weighted by Gasteiger charge is -2.19. The van der Waals surface area contributed by atoms with E-state index in [1.165, 1.54) is 7.11 Å². The van der Waals surface area contributed by atoms with Gasteiger partial charge in [0.1, 0.15) is 5.54 Å². The number of carbonyl (C=O) groups excluding carboxylic acids is 2. The van der Waals surface area contributed by atoms with Crippen LogP contribution in [0.25, 0.3) is 11.1 Å². The zero-order valence-corrected chi connectivity index (χ0v) is 18.0. The summed E-state index contributed by atoms with van der Waals surface area (Å²) in [5.74, 6) is 0.00239. The van der Waals surface area contributed by atoms with Crippen LogP contribution in [0.3, 0.4) is 0 Å². The van der Waals surface area contributed by atoms with Crippen LogP contribution in [0, 0.1) is 25.2 Å². The number of methoxy groups -OCH3 is 1. The molecule has 4 rings (SSSR count). The van der Waals surface area contributed by atoms with Crippen LogP contribution in [0.4, 0.5) is 0 Å². The second-order valence-electron chi connectivity index (χ2n) is 8.66. The Morgan fingerprint density at radius 3 is 2.21 bits per heavy atom. The molecule has 0 heterocycles. The molecule has 0 aromatic heterocycles. The molecule has 3 atom stereocenters. The summed E-state index contributed by atoms with van der Waals surface area (Å²) in [5, 5.41) is 3.73. The smallest absolute Gasteiger partial charge is 0.332 e. The molecule has 0 bridgehead atoms. The Morgan fingerprint density at radius 1 is 1.14 bits per heavy atom. The quantitative estimate of drug-likeness (QED) is 0.730. The lowest BCUT2D eigenvalue weighted by Crippen LogP contribution is -2.47. The number of benzene rings is 2. The Hall–Kier alpha value is -2.33. The molecule has 2 aliphatic carbocycles. The minimum atomic E-state index is -0.830. The van der Waals surface area contributed by atoms with Crippen molar-refractivity contribution in [2.75, 3.05) is 7.11 Å². The Morgan fingerprint density at radius 2 is 1.72 bits per heavy atom. The maximum Gasteiger partial charge on any atom is 0.332 e. The first-order chi connectivity index (χ1) is 13.7. The Kier molecular flexibility index (Phi) is 4.73. The summed E-state index contributed by atoms with van der Waals surface area (Å²) in [6, 6.07) is 11.9. The predicted octanol–water partition coefficient (Wildman–Crippen LogP) is 4.62. The van der Waals surface area contributed by atoms with Crippen molar-refractivity contribution in [2.24, 2.45) is 11.3 Å². The van der Waals surface area contributed by atoms with Gasteiger partial charge < -0.3 is 10.1 Å². The summed E-state index contributed by atoms with van der Waals surface area (Å²) < 4.78 is 5.01. The third-order valence-corrected chi connectivity index (χ3v) is 7.11. The van der Waals surface area contributed by atoms with Crippen LogP contribution < -0.4 is 5.32 Å². The van der Waals surface area contributed by atoms with Crippen molar-refractivity contribution < 1.29 is 14.3 Å². The minimum absolute atomic E-state index is 0.0850. The normalized spacial score (nSPS) is 26.9. The largest absolute Gasteiger partial charge is 0.467 e. The molecule has 29 heavy (non-hydrogen) atoms. The standard InChI is InChI=1S/C24H26ClNO3/c1-14-9-18(17-5-7-19(25)8-6-17)10-15(2)20(14)11-21(27)26-24(22(28)29-4)13-23(24)12-16(23)3/h5-10,16H,11-13H2,1-4H3,(H,26,27). The summed E-state index contributed by atoms with van der Waals surface area (Å²) in [5.41, 5.74) is 4.38. The number of hydrogen-bond donors (Lipinski definition) is 1. The lowest BCUT2D eigenvalue weighted by atomic mass is 9.93. The zero-order valence-electron chi connectivity index (χ0n) is 17.3. The predicted molar refractivity (Wildman–Crippen MR) is 114 cm³/mol. The fourth-order valence-corrected chi connectivity index (χ4v) is 5.08. The van der Waals surface area contributed by atoms with Crippen molar-refractivity contribution in [3.8, 4) is 11.1 Å². The van der Waals surface area contributed by atoms with E-state index in [4.69, 9.17) is 16.3 Å². The van der Waals surface area contributed by atoms with Crippen LogP contribution in [-0.4, -0.2) is 24.5 Å². The number of esters is 1. The highest BCUT2D eigenvalue weighted by Crippen LogP contribution is 2.76. The van der Waals surface area contributed by atoms with Crippen molar-refractivity contribution in [3.63, 3.8) is 0 Å². The summed E-state index contributed by atoms with van der Waals surface area (Å²) >= 11 is 5.99. The van der Waals surface area contributed by atoms with E-state index in [-0.39, 0.29) is 23.7 Å². The topological polar surface area (TPSA) is 55.4 Å². The van der Waals surface area contributed by atoms with Gasteiger partial charge in [-0.25, -0.2) is 4.79 Å². The van der Waals surface area contributed by atoms with Gasteiger partial charge in [0, 0.05) is 10.4 Å². The molecule has 1 N–H and O–H groups in total. The van der Waals surface area contributed by atoms with Crippen molar-refractivity contribution in [1.82, 2.24) is 5.32 Å². The molecule has 5 heteroatoms. The fraction of sp³-hybridized carbons (Fsp3) is 0.417.